The lowest BCUT2D eigenvalue weighted by molar-refractivity contribution is 0.673. The first kappa shape index (κ1) is 40.6. The van der Waals surface area contributed by atoms with Crippen molar-refractivity contribution >= 4 is 82.4 Å². The van der Waals surface area contributed by atoms with Gasteiger partial charge < -0.3 is 13.9 Å². The van der Waals surface area contributed by atoms with Crippen LogP contribution in [0.5, 0.6) is 0 Å². The topological polar surface area (TPSA) is 21.3 Å². The maximum atomic E-state index is 6.58. The molecule has 14 rings (SSSR count). The SMILES string of the molecule is c1cc(-c2ccc(N(c3ccc(-c4cccc(-n5c6ccccc6c6ccccc65)c4)cc3)c3ccc(-c4cccc5oc6c7ccccc7ccc6c45)cc3)cc2)cc(-c2cccc3ccccc23)c1. The van der Waals surface area contributed by atoms with Crippen molar-refractivity contribution in [1.82, 2.24) is 4.57 Å². The molecule has 0 atom stereocenters. The van der Waals surface area contributed by atoms with Crippen LogP contribution in [0, 0.1) is 0 Å². The second-order valence-corrected chi connectivity index (χ2v) is 18.4. The minimum atomic E-state index is 0.892. The van der Waals surface area contributed by atoms with Gasteiger partial charge in [0.2, 0.25) is 0 Å². The molecule has 0 saturated carbocycles. The fourth-order valence-electron chi connectivity index (χ4n) is 11.0. The van der Waals surface area contributed by atoms with Crippen molar-refractivity contribution in [1.29, 1.82) is 0 Å². The number of benzene rings is 12. The van der Waals surface area contributed by atoms with Gasteiger partial charge in [-0.1, -0.05) is 188 Å². The number of fused-ring (bicyclic) bond motifs is 9. The third-order valence-electron chi connectivity index (χ3n) is 14.4. The third-order valence-corrected chi connectivity index (χ3v) is 14.4. The number of hydrogen-bond acceptors (Lipinski definition) is 2. The van der Waals surface area contributed by atoms with Crippen LogP contribution in [0.3, 0.4) is 0 Å². The molecule has 0 aliphatic carbocycles. The Hall–Kier alpha value is -9.44. The van der Waals surface area contributed by atoms with Crippen molar-refractivity contribution in [3.63, 3.8) is 0 Å². The molecule has 0 amide bonds. The first-order valence-corrected chi connectivity index (χ1v) is 24.3. The Morgan fingerprint density at radius 1 is 0.296 bits per heavy atom. The van der Waals surface area contributed by atoms with E-state index < -0.39 is 0 Å². The lowest BCUT2D eigenvalue weighted by Gasteiger charge is -2.26. The number of furan rings is 1. The first-order valence-electron chi connectivity index (χ1n) is 24.3. The summed E-state index contributed by atoms with van der Waals surface area (Å²) < 4.78 is 8.97. The quantitative estimate of drug-likeness (QED) is 0.151. The molecular formula is C68H44N2O. The van der Waals surface area contributed by atoms with Crippen molar-refractivity contribution in [3.05, 3.63) is 267 Å². The van der Waals surface area contributed by atoms with Crippen LogP contribution >= 0.6 is 0 Å². The maximum absolute atomic E-state index is 6.58. The Balaban J connectivity index is 0.845. The van der Waals surface area contributed by atoms with E-state index in [2.05, 4.69) is 276 Å². The van der Waals surface area contributed by atoms with Gasteiger partial charge in [-0.05, 0) is 140 Å². The molecule has 0 aliphatic heterocycles. The summed E-state index contributed by atoms with van der Waals surface area (Å²) in [5, 5.41) is 9.59. The molecule has 14 aromatic rings. The highest BCUT2D eigenvalue weighted by atomic mass is 16.3. The molecule has 12 aromatic carbocycles. The Morgan fingerprint density at radius 3 is 1.46 bits per heavy atom. The van der Waals surface area contributed by atoms with Crippen LogP contribution in [0.15, 0.2) is 271 Å². The molecule has 0 radical (unpaired) electrons. The van der Waals surface area contributed by atoms with Gasteiger partial charge in [-0.15, -0.1) is 0 Å². The molecule has 3 nitrogen and oxygen atoms in total. The average molecular weight is 905 g/mol. The Morgan fingerprint density at radius 2 is 0.789 bits per heavy atom. The number of hydrogen-bond donors (Lipinski definition) is 0. The molecule has 71 heavy (non-hydrogen) atoms. The number of nitrogens with zero attached hydrogens (tertiary/aromatic N) is 2. The molecule has 0 bridgehead atoms. The fraction of sp³-hybridized carbons (Fsp3) is 0. The van der Waals surface area contributed by atoms with Crippen molar-refractivity contribution in [2.75, 3.05) is 4.90 Å². The normalized spacial score (nSPS) is 11.7. The lowest BCUT2D eigenvalue weighted by Crippen LogP contribution is -2.09. The van der Waals surface area contributed by atoms with Gasteiger partial charge in [0.25, 0.3) is 0 Å². The highest BCUT2D eigenvalue weighted by Crippen LogP contribution is 2.43. The van der Waals surface area contributed by atoms with Crippen molar-refractivity contribution < 1.29 is 4.42 Å². The molecule has 0 fully saturated rings. The summed E-state index contributed by atoms with van der Waals surface area (Å²) in [5.41, 5.74) is 18.0. The molecule has 0 saturated heterocycles. The molecule has 0 aliphatic rings. The van der Waals surface area contributed by atoms with Gasteiger partial charge in [-0.25, -0.2) is 0 Å². The third kappa shape index (κ3) is 6.89. The Kier molecular flexibility index (Phi) is 9.53. The van der Waals surface area contributed by atoms with Gasteiger partial charge in [0.15, 0.2) is 0 Å². The zero-order valence-corrected chi connectivity index (χ0v) is 38.7. The fourth-order valence-corrected chi connectivity index (χ4v) is 11.0. The van der Waals surface area contributed by atoms with Gasteiger partial charge in [-0.3, -0.25) is 0 Å². The van der Waals surface area contributed by atoms with Gasteiger partial charge in [0.05, 0.1) is 11.0 Å². The molecule has 3 heteroatoms. The van der Waals surface area contributed by atoms with E-state index in [0.717, 1.165) is 77.9 Å². The number of rotatable bonds is 8. The van der Waals surface area contributed by atoms with E-state index in [1.807, 2.05) is 0 Å². The monoisotopic (exact) mass is 904 g/mol. The van der Waals surface area contributed by atoms with Crippen LogP contribution in [-0.4, -0.2) is 4.57 Å². The summed E-state index contributed by atoms with van der Waals surface area (Å²) in [7, 11) is 0. The summed E-state index contributed by atoms with van der Waals surface area (Å²) in [4.78, 5) is 2.36. The van der Waals surface area contributed by atoms with E-state index in [4.69, 9.17) is 4.42 Å². The van der Waals surface area contributed by atoms with Gasteiger partial charge in [0.1, 0.15) is 11.2 Å². The largest absolute Gasteiger partial charge is 0.455 e. The smallest absolute Gasteiger partial charge is 0.143 e. The van der Waals surface area contributed by atoms with E-state index >= 15 is 0 Å². The van der Waals surface area contributed by atoms with Crippen molar-refractivity contribution in [2.45, 2.75) is 0 Å². The molecule has 2 heterocycles. The summed E-state index contributed by atoms with van der Waals surface area (Å²) in [6.45, 7) is 0. The van der Waals surface area contributed by atoms with Crippen LogP contribution in [-0.2, 0) is 0 Å². The number of aromatic nitrogens is 1. The highest BCUT2D eigenvalue weighted by Gasteiger charge is 2.18. The molecular weight excluding hydrogens is 861 g/mol. The number of anilines is 3. The Bertz CT molecular complexity index is 4270. The predicted octanol–water partition coefficient (Wildman–Crippen LogP) is 19.1. The minimum absolute atomic E-state index is 0.892. The van der Waals surface area contributed by atoms with Crippen LogP contribution in [0.25, 0.3) is 115 Å². The minimum Gasteiger partial charge on any atom is -0.455 e. The highest BCUT2D eigenvalue weighted by molar-refractivity contribution is 6.19. The van der Waals surface area contributed by atoms with E-state index in [1.54, 1.807) is 0 Å². The molecule has 332 valence electrons. The van der Waals surface area contributed by atoms with E-state index in [9.17, 15) is 0 Å². The Labute approximate surface area is 411 Å². The van der Waals surface area contributed by atoms with E-state index in [-0.39, 0.29) is 0 Å². The summed E-state index contributed by atoms with van der Waals surface area (Å²) in [6, 6.07) is 96.6. The van der Waals surface area contributed by atoms with Crippen LogP contribution in [0.4, 0.5) is 17.1 Å². The average Bonchev–Trinajstić information content (AvgIpc) is 4.00. The summed E-state index contributed by atoms with van der Waals surface area (Å²) in [6.07, 6.45) is 0. The van der Waals surface area contributed by atoms with Crippen LogP contribution in [0.1, 0.15) is 0 Å². The van der Waals surface area contributed by atoms with E-state index in [0.29, 0.717) is 0 Å². The standard InChI is InChI=1S/C68H44N2O/c1-3-20-57-47(13-1)15-11-24-58(57)52-18-9-16-50(43-52)45-29-36-53(37-30-45)69(55-40-33-49(34-41-55)59-25-12-28-66-67(59)63-42-35-48-14-2-4-21-60(48)68(63)71-66)54-38-31-46(32-39-54)51-17-10-19-56(44-51)70-64-26-7-5-22-61(64)62-23-6-8-27-65(62)70/h1-44H. The van der Waals surface area contributed by atoms with Crippen LogP contribution in [0.2, 0.25) is 0 Å². The predicted molar refractivity (Wildman–Crippen MR) is 299 cm³/mol. The zero-order chi connectivity index (χ0) is 46.8. The van der Waals surface area contributed by atoms with Gasteiger partial charge in [-0.2, -0.15) is 0 Å². The van der Waals surface area contributed by atoms with Crippen LogP contribution < -0.4 is 4.90 Å². The molecule has 2 aromatic heterocycles. The first-order chi connectivity index (χ1) is 35.2. The maximum Gasteiger partial charge on any atom is 0.143 e. The lowest BCUT2D eigenvalue weighted by atomic mass is 9.95. The van der Waals surface area contributed by atoms with E-state index in [1.165, 1.54) is 54.7 Å². The zero-order valence-electron chi connectivity index (χ0n) is 38.7. The number of para-hydroxylation sites is 2. The molecule has 0 unspecified atom stereocenters. The van der Waals surface area contributed by atoms with Crippen molar-refractivity contribution in [2.24, 2.45) is 0 Å². The molecule has 0 N–H and O–H groups in total. The van der Waals surface area contributed by atoms with Gasteiger partial charge >= 0.3 is 0 Å². The molecule has 0 spiro atoms. The second kappa shape index (κ2) is 16.7. The van der Waals surface area contributed by atoms with Crippen molar-refractivity contribution in [3.8, 4) is 50.2 Å². The second-order valence-electron chi connectivity index (χ2n) is 18.4. The summed E-state index contributed by atoms with van der Waals surface area (Å²) >= 11 is 0. The van der Waals surface area contributed by atoms with Gasteiger partial charge in [0, 0.05) is 49.7 Å². The summed E-state index contributed by atoms with van der Waals surface area (Å²) in [5.74, 6) is 0.